The molecule has 2 amide bonds. The van der Waals surface area contributed by atoms with Crippen LogP contribution >= 0.6 is 0 Å². The molecule has 0 aromatic carbocycles. The van der Waals surface area contributed by atoms with Crippen LogP contribution in [-0.4, -0.2) is 89.8 Å². The van der Waals surface area contributed by atoms with Gasteiger partial charge in [-0.15, -0.1) is 0 Å². The first-order valence-electron chi connectivity index (χ1n) is 6.09. The summed E-state index contributed by atoms with van der Waals surface area (Å²) >= 11 is 0. The Labute approximate surface area is 107 Å². The molecule has 0 spiro atoms. The summed E-state index contributed by atoms with van der Waals surface area (Å²) in [5.74, 6) is -0.795. The van der Waals surface area contributed by atoms with Crippen LogP contribution in [0.1, 0.15) is 6.42 Å². The Balaban J connectivity index is 2.30. The second-order valence-corrected chi connectivity index (χ2v) is 4.40. The van der Waals surface area contributed by atoms with Crippen LogP contribution < -0.4 is 0 Å². The van der Waals surface area contributed by atoms with Gasteiger partial charge in [0.25, 0.3) is 0 Å². The molecule has 104 valence electrons. The Morgan fingerprint density at radius 2 is 1.83 bits per heavy atom. The quantitative estimate of drug-likeness (QED) is 0.670. The molecule has 0 aromatic heterocycles. The van der Waals surface area contributed by atoms with E-state index < -0.39 is 5.97 Å². The van der Waals surface area contributed by atoms with Gasteiger partial charge in [-0.3, -0.25) is 9.69 Å². The van der Waals surface area contributed by atoms with E-state index in [1.165, 1.54) is 4.90 Å². The zero-order valence-corrected chi connectivity index (χ0v) is 10.7. The summed E-state index contributed by atoms with van der Waals surface area (Å²) in [5, 5.41) is 17.4. The molecule has 1 rings (SSSR count). The predicted octanol–water partition coefficient (Wildman–Crippen LogP) is -0.877. The Kier molecular flexibility index (Phi) is 5.87. The summed E-state index contributed by atoms with van der Waals surface area (Å²) in [6.07, 6.45) is 0.137. The standard InChI is InChI=1S/C11H21N3O4/c1-12(8-9-15)11(18)14-6-4-13(5-7-14)3-2-10(16)17/h15H,2-9H2,1H3,(H,16,17). The maximum Gasteiger partial charge on any atom is 0.319 e. The number of aliphatic hydroxyl groups is 1. The van der Waals surface area contributed by atoms with Crippen LogP contribution in [0.5, 0.6) is 0 Å². The highest BCUT2D eigenvalue weighted by Crippen LogP contribution is 2.05. The Hall–Kier alpha value is -1.34. The number of urea groups is 1. The molecule has 1 saturated heterocycles. The zero-order valence-electron chi connectivity index (χ0n) is 10.7. The third-order valence-electron chi connectivity index (χ3n) is 3.05. The molecule has 0 atom stereocenters. The first-order valence-corrected chi connectivity index (χ1v) is 6.09. The molecule has 18 heavy (non-hydrogen) atoms. The highest BCUT2D eigenvalue weighted by atomic mass is 16.4. The minimum Gasteiger partial charge on any atom is -0.481 e. The highest BCUT2D eigenvalue weighted by molar-refractivity contribution is 5.74. The fraction of sp³-hybridized carbons (Fsp3) is 0.818. The Morgan fingerprint density at radius 1 is 1.22 bits per heavy atom. The van der Waals surface area contributed by atoms with Gasteiger partial charge in [-0.05, 0) is 0 Å². The smallest absolute Gasteiger partial charge is 0.319 e. The lowest BCUT2D eigenvalue weighted by Gasteiger charge is -2.36. The summed E-state index contributed by atoms with van der Waals surface area (Å²) in [4.78, 5) is 27.6. The van der Waals surface area contributed by atoms with E-state index in [2.05, 4.69) is 0 Å². The average Bonchev–Trinajstić information content (AvgIpc) is 2.36. The molecule has 0 bridgehead atoms. The molecule has 0 aliphatic carbocycles. The highest BCUT2D eigenvalue weighted by Gasteiger charge is 2.23. The van der Waals surface area contributed by atoms with Gasteiger partial charge in [0.05, 0.1) is 13.0 Å². The van der Waals surface area contributed by atoms with Gasteiger partial charge >= 0.3 is 12.0 Å². The lowest BCUT2D eigenvalue weighted by Crippen LogP contribution is -2.52. The van der Waals surface area contributed by atoms with Crippen molar-refractivity contribution in [3.8, 4) is 0 Å². The molecule has 0 unspecified atom stereocenters. The van der Waals surface area contributed by atoms with Crippen molar-refractivity contribution < 1.29 is 19.8 Å². The molecule has 7 nitrogen and oxygen atoms in total. The number of carboxylic acids is 1. The first-order chi connectivity index (χ1) is 8.54. The van der Waals surface area contributed by atoms with Gasteiger partial charge in [0.1, 0.15) is 0 Å². The maximum absolute atomic E-state index is 11.9. The lowest BCUT2D eigenvalue weighted by atomic mass is 10.3. The van der Waals surface area contributed by atoms with Gasteiger partial charge in [-0.2, -0.15) is 0 Å². The molecular formula is C11H21N3O4. The summed E-state index contributed by atoms with van der Waals surface area (Å²) in [5.41, 5.74) is 0. The summed E-state index contributed by atoms with van der Waals surface area (Å²) in [6.45, 7) is 3.43. The second-order valence-electron chi connectivity index (χ2n) is 4.40. The van der Waals surface area contributed by atoms with Crippen molar-refractivity contribution in [1.82, 2.24) is 14.7 Å². The van der Waals surface area contributed by atoms with E-state index in [4.69, 9.17) is 10.2 Å². The average molecular weight is 259 g/mol. The number of carboxylic acid groups (broad SMARTS) is 1. The van der Waals surface area contributed by atoms with Crippen LogP contribution in [0, 0.1) is 0 Å². The third-order valence-corrected chi connectivity index (χ3v) is 3.05. The van der Waals surface area contributed by atoms with Crippen LogP contribution in [0.25, 0.3) is 0 Å². The van der Waals surface area contributed by atoms with Crippen LogP contribution in [0.2, 0.25) is 0 Å². The van der Waals surface area contributed by atoms with Gasteiger partial charge in [0, 0.05) is 46.3 Å². The molecule has 7 heteroatoms. The second kappa shape index (κ2) is 7.17. The molecule has 1 fully saturated rings. The van der Waals surface area contributed by atoms with E-state index in [9.17, 15) is 9.59 Å². The minimum atomic E-state index is -0.795. The van der Waals surface area contributed by atoms with Crippen molar-refractivity contribution in [2.75, 3.05) is 52.9 Å². The van der Waals surface area contributed by atoms with Crippen LogP contribution in [0.4, 0.5) is 4.79 Å². The fourth-order valence-corrected chi connectivity index (χ4v) is 1.90. The first kappa shape index (κ1) is 14.7. The fourth-order valence-electron chi connectivity index (χ4n) is 1.90. The van der Waals surface area contributed by atoms with Crippen molar-refractivity contribution in [2.24, 2.45) is 0 Å². The molecule has 2 N–H and O–H groups in total. The summed E-state index contributed by atoms with van der Waals surface area (Å²) in [7, 11) is 1.66. The van der Waals surface area contributed by atoms with E-state index >= 15 is 0 Å². The number of amides is 2. The SMILES string of the molecule is CN(CCO)C(=O)N1CCN(CCC(=O)O)CC1. The molecular weight excluding hydrogens is 238 g/mol. The summed E-state index contributed by atoms with van der Waals surface area (Å²) in [6, 6.07) is -0.0815. The number of hydrogen-bond donors (Lipinski definition) is 2. The van der Waals surface area contributed by atoms with E-state index in [1.807, 2.05) is 4.90 Å². The van der Waals surface area contributed by atoms with E-state index in [1.54, 1.807) is 11.9 Å². The van der Waals surface area contributed by atoms with Crippen molar-refractivity contribution in [2.45, 2.75) is 6.42 Å². The number of likely N-dealkylation sites (N-methyl/N-ethyl adjacent to an activating group) is 1. The monoisotopic (exact) mass is 259 g/mol. The van der Waals surface area contributed by atoms with Crippen LogP contribution in [-0.2, 0) is 4.79 Å². The molecule has 0 saturated carbocycles. The van der Waals surface area contributed by atoms with Crippen molar-refractivity contribution >= 4 is 12.0 Å². The number of aliphatic carboxylic acids is 1. The zero-order chi connectivity index (χ0) is 13.5. The molecule has 0 aromatic rings. The van der Waals surface area contributed by atoms with Crippen LogP contribution in [0.15, 0.2) is 0 Å². The van der Waals surface area contributed by atoms with Gasteiger partial charge in [-0.25, -0.2) is 4.79 Å². The lowest BCUT2D eigenvalue weighted by molar-refractivity contribution is -0.137. The Bertz CT molecular complexity index is 290. The van der Waals surface area contributed by atoms with E-state index in [-0.39, 0.29) is 19.1 Å². The molecule has 1 aliphatic rings. The normalized spacial score (nSPS) is 16.7. The molecule has 1 aliphatic heterocycles. The number of nitrogens with zero attached hydrogens (tertiary/aromatic N) is 3. The minimum absolute atomic E-state index is 0.0409. The van der Waals surface area contributed by atoms with Gasteiger partial charge in [-0.1, -0.05) is 0 Å². The topological polar surface area (TPSA) is 84.3 Å². The van der Waals surface area contributed by atoms with E-state index in [0.29, 0.717) is 39.3 Å². The van der Waals surface area contributed by atoms with Crippen molar-refractivity contribution in [3.63, 3.8) is 0 Å². The van der Waals surface area contributed by atoms with Crippen molar-refractivity contribution in [1.29, 1.82) is 0 Å². The number of rotatable bonds is 5. The third kappa shape index (κ3) is 4.50. The van der Waals surface area contributed by atoms with Gasteiger partial charge in [0.2, 0.25) is 0 Å². The number of aliphatic hydroxyl groups excluding tert-OH is 1. The molecule has 1 heterocycles. The van der Waals surface area contributed by atoms with E-state index in [0.717, 1.165) is 0 Å². The van der Waals surface area contributed by atoms with Gasteiger partial charge in [0.15, 0.2) is 0 Å². The number of carbonyl (C=O) groups excluding carboxylic acids is 1. The molecule has 0 radical (unpaired) electrons. The Morgan fingerprint density at radius 3 is 2.33 bits per heavy atom. The van der Waals surface area contributed by atoms with Gasteiger partial charge < -0.3 is 20.0 Å². The summed E-state index contributed by atoms with van der Waals surface area (Å²) < 4.78 is 0. The van der Waals surface area contributed by atoms with Crippen molar-refractivity contribution in [3.05, 3.63) is 0 Å². The number of piperazine rings is 1. The maximum atomic E-state index is 11.9. The number of carbonyl (C=O) groups is 2. The largest absolute Gasteiger partial charge is 0.481 e. The number of hydrogen-bond acceptors (Lipinski definition) is 4. The predicted molar refractivity (Wildman–Crippen MR) is 65.4 cm³/mol. The van der Waals surface area contributed by atoms with Crippen LogP contribution in [0.3, 0.4) is 0 Å².